The van der Waals surface area contributed by atoms with Crippen molar-refractivity contribution in [3.63, 3.8) is 0 Å². The van der Waals surface area contributed by atoms with E-state index in [-0.39, 0.29) is 0 Å². The molecule has 3 nitrogen and oxygen atoms in total. The van der Waals surface area contributed by atoms with Crippen molar-refractivity contribution in [3.05, 3.63) is 18.0 Å². The molecular formula is C15H27N3. The van der Waals surface area contributed by atoms with Crippen LogP contribution >= 0.6 is 0 Å². The smallest absolute Gasteiger partial charge is 0.0522 e. The summed E-state index contributed by atoms with van der Waals surface area (Å²) in [6.07, 6.45) is 5.26. The normalized spacial score (nSPS) is 23.0. The molecule has 2 rings (SSSR count). The minimum Gasteiger partial charge on any atom is -0.316 e. The number of aryl methyl sites for hydroxylation is 1. The van der Waals surface area contributed by atoms with Gasteiger partial charge in [-0.1, -0.05) is 27.7 Å². The monoisotopic (exact) mass is 249 g/mol. The van der Waals surface area contributed by atoms with Crippen LogP contribution in [0.2, 0.25) is 0 Å². The molecule has 0 saturated heterocycles. The summed E-state index contributed by atoms with van der Waals surface area (Å²) in [7, 11) is 2.08. The van der Waals surface area contributed by atoms with E-state index in [9.17, 15) is 0 Å². The lowest BCUT2D eigenvalue weighted by Gasteiger charge is -2.17. The lowest BCUT2D eigenvalue weighted by atomic mass is 9.99. The van der Waals surface area contributed by atoms with E-state index in [1.54, 1.807) is 0 Å². The molecule has 18 heavy (non-hydrogen) atoms. The predicted molar refractivity (Wildman–Crippen MR) is 75.5 cm³/mol. The van der Waals surface area contributed by atoms with Crippen molar-refractivity contribution in [1.82, 2.24) is 15.1 Å². The molecule has 0 radical (unpaired) electrons. The van der Waals surface area contributed by atoms with E-state index in [1.807, 2.05) is 10.9 Å². The molecule has 0 spiro atoms. The molecular weight excluding hydrogens is 222 g/mol. The van der Waals surface area contributed by atoms with Crippen molar-refractivity contribution in [2.75, 3.05) is 7.05 Å². The van der Waals surface area contributed by atoms with Gasteiger partial charge >= 0.3 is 0 Å². The first-order chi connectivity index (χ1) is 8.34. The molecule has 1 fully saturated rings. The van der Waals surface area contributed by atoms with Crippen LogP contribution in [0.25, 0.3) is 0 Å². The number of nitrogens with zero attached hydrogens (tertiary/aromatic N) is 2. The molecule has 1 aromatic rings. The van der Waals surface area contributed by atoms with Gasteiger partial charge in [-0.3, -0.25) is 4.68 Å². The lowest BCUT2D eigenvalue weighted by Crippen LogP contribution is -2.32. The highest BCUT2D eigenvalue weighted by molar-refractivity contribution is 5.19. The molecule has 1 atom stereocenters. The molecule has 102 valence electrons. The fourth-order valence-electron chi connectivity index (χ4n) is 3.58. The fraction of sp³-hybridized carbons (Fsp3) is 0.800. The van der Waals surface area contributed by atoms with E-state index >= 15 is 0 Å². The Morgan fingerprint density at radius 2 is 1.94 bits per heavy atom. The Hall–Kier alpha value is -0.830. The number of rotatable bonds is 5. The molecule has 3 heteroatoms. The van der Waals surface area contributed by atoms with Crippen LogP contribution in [0.4, 0.5) is 0 Å². The molecule has 0 bridgehead atoms. The van der Waals surface area contributed by atoms with E-state index in [0.717, 1.165) is 18.9 Å². The SMILES string of the molecule is CCn1cc(CC(NC)C2C(C)(C)C2(C)C)cn1. The zero-order valence-corrected chi connectivity index (χ0v) is 12.6. The van der Waals surface area contributed by atoms with Crippen LogP contribution < -0.4 is 5.32 Å². The quantitative estimate of drug-likeness (QED) is 0.869. The summed E-state index contributed by atoms with van der Waals surface area (Å²) in [6, 6.07) is 0.546. The van der Waals surface area contributed by atoms with Crippen molar-refractivity contribution >= 4 is 0 Å². The predicted octanol–water partition coefficient (Wildman–Crippen LogP) is 2.72. The van der Waals surface area contributed by atoms with Crippen LogP contribution in [0, 0.1) is 16.7 Å². The second-order valence-corrected chi connectivity index (χ2v) is 6.72. The molecule has 1 aromatic heterocycles. The zero-order valence-electron chi connectivity index (χ0n) is 12.6. The van der Waals surface area contributed by atoms with E-state index in [4.69, 9.17) is 0 Å². The largest absolute Gasteiger partial charge is 0.316 e. The van der Waals surface area contributed by atoms with Gasteiger partial charge in [0.05, 0.1) is 6.20 Å². The summed E-state index contributed by atoms with van der Waals surface area (Å²) >= 11 is 0. The van der Waals surface area contributed by atoms with E-state index in [2.05, 4.69) is 58.3 Å². The maximum Gasteiger partial charge on any atom is 0.0522 e. The summed E-state index contributed by atoms with van der Waals surface area (Å²) in [5.41, 5.74) is 2.21. The Labute approximate surface area is 111 Å². The fourth-order valence-corrected chi connectivity index (χ4v) is 3.58. The Bertz CT molecular complexity index is 403. The summed E-state index contributed by atoms with van der Waals surface area (Å²) in [5, 5.41) is 7.88. The Balaban J connectivity index is 2.07. The third-order valence-electron chi connectivity index (χ3n) is 5.37. The second kappa shape index (κ2) is 4.37. The average molecular weight is 249 g/mol. The highest BCUT2D eigenvalue weighted by Crippen LogP contribution is 2.69. The lowest BCUT2D eigenvalue weighted by molar-refractivity contribution is 0.421. The number of likely N-dealkylation sites (N-methyl/N-ethyl adjacent to an activating group) is 1. The molecule has 1 unspecified atom stereocenters. The average Bonchev–Trinajstić information content (AvgIpc) is 2.69. The maximum atomic E-state index is 4.36. The first-order valence-corrected chi connectivity index (χ1v) is 7.03. The first kappa shape index (κ1) is 13.6. The van der Waals surface area contributed by atoms with Crippen LogP contribution in [0.1, 0.15) is 40.2 Å². The van der Waals surface area contributed by atoms with Crippen molar-refractivity contribution in [2.24, 2.45) is 16.7 Å². The van der Waals surface area contributed by atoms with Gasteiger partial charge in [-0.15, -0.1) is 0 Å². The van der Waals surface area contributed by atoms with Gasteiger partial charge in [0.25, 0.3) is 0 Å². The molecule has 0 amide bonds. The van der Waals surface area contributed by atoms with Gasteiger partial charge in [-0.05, 0) is 42.7 Å². The third-order valence-corrected chi connectivity index (χ3v) is 5.37. The van der Waals surface area contributed by atoms with Gasteiger partial charge in [0.1, 0.15) is 0 Å². The van der Waals surface area contributed by atoms with Gasteiger partial charge in [0, 0.05) is 18.8 Å². The van der Waals surface area contributed by atoms with Gasteiger partial charge in [0.2, 0.25) is 0 Å². The topological polar surface area (TPSA) is 29.9 Å². The summed E-state index contributed by atoms with van der Waals surface area (Å²) in [5.74, 6) is 0.736. The van der Waals surface area contributed by atoms with Crippen molar-refractivity contribution in [3.8, 4) is 0 Å². The van der Waals surface area contributed by atoms with E-state index < -0.39 is 0 Å². The highest BCUT2D eigenvalue weighted by atomic mass is 15.3. The summed E-state index contributed by atoms with van der Waals surface area (Å²) < 4.78 is 2.01. The van der Waals surface area contributed by atoms with Gasteiger partial charge in [0.15, 0.2) is 0 Å². The number of hydrogen-bond donors (Lipinski definition) is 1. The van der Waals surface area contributed by atoms with Crippen molar-refractivity contribution in [1.29, 1.82) is 0 Å². The summed E-state index contributed by atoms with van der Waals surface area (Å²) in [4.78, 5) is 0. The Morgan fingerprint density at radius 3 is 2.33 bits per heavy atom. The zero-order chi connectivity index (χ0) is 13.6. The molecule has 1 heterocycles. The molecule has 0 aliphatic heterocycles. The standard InChI is InChI=1S/C15H27N3/c1-7-18-10-11(9-17-18)8-12(16-6)13-14(2,3)15(13,4)5/h9-10,12-13,16H,7-8H2,1-6H3. The first-order valence-electron chi connectivity index (χ1n) is 7.03. The van der Waals surface area contributed by atoms with E-state index in [1.165, 1.54) is 5.56 Å². The Morgan fingerprint density at radius 1 is 1.33 bits per heavy atom. The van der Waals surface area contributed by atoms with Crippen LogP contribution in [0.15, 0.2) is 12.4 Å². The highest BCUT2D eigenvalue weighted by Gasteiger charge is 2.66. The molecule has 1 N–H and O–H groups in total. The molecule has 1 saturated carbocycles. The van der Waals surface area contributed by atoms with Crippen LogP contribution in [0.5, 0.6) is 0 Å². The van der Waals surface area contributed by atoms with Crippen LogP contribution in [-0.2, 0) is 13.0 Å². The van der Waals surface area contributed by atoms with Gasteiger partial charge in [-0.25, -0.2) is 0 Å². The van der Waals surface area contributed by atoms with Crippen LogP contribution in [0.3, 0.4) is 0 Å². The second-order valence-electron chi connectivity index (χ2n) is 6.72. The number of nitrogens with one attached hydrogen (secondary N) is 1. The van der Waals surface area contributed by atoms with E-state index in [0.29, 0.717) is 16.9 Å². The number of hydrogen-bond acceptors (Lipinski definition) is 2. The molecule has 0 aromatic carbocycles. The minimum atomic E-state index is 0.432. The maximum absolute atomic E-state index is 4.36. The minimum absolute atomic E-state index is 0.432. The number of aromatic nitrogens is 2. The molecule has 1 aliphatic rings. The van der Waals surface area contributed by atoms with Gasteiger partial charge in [-0.2, -0.15) is 5.10 Å². The van der Waals surface area contributed by atoms with Crippen molar-refractivity contribution < 1.29 is 0 Å². The van der Waals surface area contributed by atoms with Crippen LogP contribution in [-0.4, -0.2) is 22.9 Å². The Kier molecular flexibility index (Phi) is 3.30. The summed E-state index contributed by atoms with van der Waals surface area (Å²) in [6.45, 7) is 12.6. The third kappa shape index (κ3) is 1.99. The van der Waals surface area contributed by atoms with Crippen molar-refractivity contribution in [2.45, 2.75) is 53.6 Å². The van der Waals surface area contributed by atoms with Gasteiger partial charge < -0.3 is 5.32 Å². The molecule has 1 aliphatic carbocycles.